The average Bonchev–Trinajstić information content (AvgIpc) is 3.35. The van der Waals surface area contributed by atoms with Crippen molar-refractivity contribution >= 4 is 5.91 Å². The molecule has 1 aromatic rings. The number of rotatable bonds is 6. The summed E-state index contributed by atoms with van der Waals surface area (Å²) in [5.41, 5.74) is 1.44. The van der Waals surface area contributed by atoms with Gasteiger partial charge in [-0.25, -0.2) is 0 Å². The van der Waals surface area contributed by atoms with Crippen molar-refractivity contribution in [1.29, 1.82) is 0 Å². The molecule has 120 valence electrons. The van der Waals surface area contributed by atoms with E-state index < -0.39 is 0 Å². The van der Waals surface area contributed by atoms with Crippen LogP contribution in [0.4, 0.5) is 0 Å². The van der Waals surface area contributed by atoms with E-state index in [1.807, 2.05) is 0 Å². The Labute approximate surface area is 134 Å². The van der Waals surface area contributed by atoms with E-state index in [-0.39, 0.29) is 5.91 Å². The smallest absolute Gasteiger partial charge is 0.234 e. The molecule has 1 aliphatic carbocycles. The van der Waals surface area contributed by atoms with E-state index in [0.29, 0.717) is 12.6 Å². The van der Waals surface area contributed by atoms with Crippen molar-refractivity contribution in [2.24, 2.45) is 11.8 Å². The van der Waals surface area contributed by atoms with E-state index in [9.17, 15) is 4.79 Å². The number of amides is 1. The molecule has 1 amide bonds. The third kappa shape index (κ3) is 4.57. The molecule has 0 aromatic heterocycles. The maximum atomic E-state index is 12.1. The number of carbonyl (C=O) groups excluding carboxylic acids is 1. The molecule has 1 atom stereocenters. The van der Waals surface area contributed by atoms with Crippen molar-refractivity contribution in [3.05, 3.63) is 35.9 Å². The lowest BCUT2D eigenvalue weighted by Crippen LogP contribution is -2.44. The lowest BCUT2D eigenvalue weighted by molar-refractivity contribution is -0.123. The highest BCUT2D eigenvalue weighted by Gasteiger charge is 2.29. The molecule has 22 heavy (non-hydrogen) atoms. The molecule has 2 aliphatic rings. The Kier molecular flexibility index (Phi) is 5.14. The van der Waals surface area contributed by atoms with Crippen LogP contribution in [0.3, 0.4) is 0 Å². The van der Waals surface area contributed by atoms with Crippen LogP contribution in [0.25, 0.3) is 0 Å². The first kappa shape index (κ1) is 15.5. The number of piperidine rings is 1. The molecule has 0 bridgehead atoms. The fourth-order valence-corrected chi connectivity index (χ4v) is 3.51. The molecule has 1 aliphatic heterocycles. The van der Waals surface area contributed by atoms with Gasteiger partial charge >= 0.3 is 0 Å². The predicted octanol–water partition coefficient (Wildman–Crippen LogP) is 2.86. The Morgan fingerprint density at radius 1 is 1.18 bits per heavy atom. The molecule has 3 rings (SSSR count). The minimum absolute atomic E-state index is 0.209. The van der Waals surface area contributed by atoms with Crippen molar-refractivity contribution in [3.63, 3.8) is 0 Å². The normalized spacial score (nSPS) is 21.5. The minimum Gasteiger partial charge on any atom is -0.352 e. The minimum atomic E-state index is 0.209. The summed E-state index contributed by atoms with van der Waals surface area (Å²) in [5, 5.41) is 3.16. The SMILES string of the molecule is C[C@H](NC(=O)CN1CCC(Cc2ccccc2)CC1)C1CC1. The van der Waals surface area contributed by atoms with Crippen molar-refractivity contribution in [3.8, 4) is 0 Å². The number of nitrogens with zero attached hydrogens (tertiary/aromatic N) is 1. The molecular weight excluding hydrogens is 272 g/mol. The third-order valence-electron chi connectivity index (χ3n) is 5.16. The van der Waals surface area contributed by atoms with Crippen molar-refractivity contribution < 1.29 is 4.79 Å². The zero-order chi connectivity index (χ0) is 15.4. The molecular formula is C19H28N2O. The van der Waals surface area contributed by atoms with Gasteiger partial charge in [0, 0.05) is 6.04 Å². The molecule has 0 unspecified atom stereocenters. The van der Waals surface area contributed by atoms with E-state index in [2.05, 4.69) is 47.5 Å². The lowest BCUT2D eigenvalue weighted by Gasteiger charge is -2.31. The maximum absolute atomic E-state index is 12.1. The molecule has 1 saturated heterocycles. The molecule has 1 N–H and O–H groups in total. The molecule has 3 heteroatoms. The highest BCUT2D eigenvalue weighted by atomic mass is 16.2. The topological polar surface area (TPSA) is 32.3 Å². The average molecular weight is 300 g/mol. The van der Waals surface area contributed by atoms with Gasteiger partial charge in [-0.05, 0) is 69.5 Å². The maximum Gasteiger partial charge on any atom is 0.234 e. The van der Waals surface area contributed by atoms with Gasteiger partial charge in [-0.15, -0.1) is 0 Å². The standard InChI is InChI=1S/C19H28N2O/c1-15(18-7-8-18)20-19(22)14-21-11-9-17(10-12-21)13-16-5-3-2-4-6-16/h2-6,15,17-18H,7-14H2,1H3,(H,20,22)/t15-/m0/s1. The first-order valence-corrected chi connectivity index (χ1v) is 8.76. The van der Waals surface area contributed by atoms with Crippen molar-refractivity contribution in [1.82, 2.24) is 10.2 Å². The summed E-state index contributed by atoms with van der Waals surface area (Å²) in [4.78, 5) is 14.4. The van der Waals surface area contributed by atoms with Crippen LogP contribution in [0.2, 0.25) is 0 Å². The first-order valence-electron chi connectivity index (χ1n) is 8.76. The van der Waals surface area contributed by atoms with Gasteiger partial charge in [0.25, 0.3) is 0 Å². The van der Waals surface area contributed by atoms with Gasteiger partial charge in [0.2, 0.25) is 5.91 Å². The molecule has 0 spiro atoms. The van der Waals surface area contributed by atoms with Gasteiger partial charge in [-0.2, -0.15) is 0 Å². The summed E-state index contributed by atoms with van der Waals surface area (Å²) in [7, 11) is 0. The number of nitrogens with one attached hydrogen (secondary N) is 1. The number of likely N-dealkylation sites (tertiary alicyclic amines) is 1. The molecule has 2 fully saturated rings. The Hall–Kier alpha value is -1.35. The second-order valence-electron chi connectivity index (χ2n) is 7.10. The molecule has 1 aromatic carbocycles. The first-order chi connectivity index (χ1) is 10.7. The van der Waals surface area contributed by atoms with Crippen LogP contribution in [0, 0.1) is 11.8 Å². The van der Waals surface area contributed by atoms with E-state index in [4.69, 9.17) is 0 Å². The van der Waals surface area contributed by atoms with Gasteiger partial charge in [0.15, 0.2) is 0 Å². The summed E-state index contributed by atoms with van der Waals surface area (Å²) in [6.45, 7) is 4.84. The Morgan fingerprint density at radius 3 is 2.50 bits per heavy atom. The van der Waals surface area contributed by atoms with Crippen LogP contribution >= 0.6 is 0 Å². The van der Waals surface area contributed by atoms with Crippen LogP contribution in [-0.4, -0.2) is 36.5 Å². The Bertz CT molecular complexity index is 475. The Morgan fingerprint density at radius 2 is 1.86 bits per heavy atom. The van der Waals surface area contributed by atoms with E-state index in [0.717, 1.165) is 24.9 Å². The highest BCUT2D eigenvalue weighted by molar-refractivity contribution is 5.78. The third-order valence-corrected chi connectivity index (χ3v) is 5.16. The second kappa shape index (κ2) is 7.28. The van der Waals surface area contributed by atoms with Crippen LogP contribution in [0.15, 0.2) is 30.3 Å². The van der Waals surface area contributed by atoms with E-state index in [1.165, 1.54) is 37.7 Å². The van der Waals surface area contributed by atoms with E-state index in [1.54, 1.807) is 0 Å². The van der Waals surface area contributed by atoms with Gasteiger partial charge in [0.1, 0.15) is 0 Å². The number of benzene rings is 1. The second-order valence-corrected chi connectivity index (χ2v) is 7.10. The highest BCUT2D eigenvalue weighted by Crippen LogP contribution is 2.32. The van der Waals surface area contributed by atoms with Crippen LogP contribution in [0.1, 0.15) is 38.2 Å². The zero-order valence-corrected chi connectivity index (χ0v) is 13.6. The van der Waals surface area contributed by atoms with Gasteiger partial charge < -0.3 is 5.32 Å². The number of hydrogen-bond acceptors (Lipinski definition) is 2. The summed E-state index contributed by atoms with van der Waals surface area (Å²) in [6, 6.07) is 11.1. The van der Waals surface area contributed by atoms with Gasteiger partial charge in [0.05, 0.1) is 6.54 Å². The quantitative estimate of drug-likeness (QED) is 0.876. The summed E-state index contributed by atoms with van der Waals surface area (Å²) < 4.78 is 0. The van der Waals surface area contributed by atoms with E-state index >= 15 is 0 Å². The molecule has 0 radical (unpaired) electrons. The molecule has 3 nitrogen and oxygen atoms in total. The van der Waals surface area contributed by atoms with Crippen LogP contribution in [0.5, 0.6) is 0 Å². The zero-order valence-electron chi connectivity index (χ0n) is 13.6. The fraction of sp³-hybridized carbons (Fsp3) is 0.632. The summed E-state index contributed by atoms with van der Waals surface area (Å²) in [5.74, 6) is 1.72. The van der Waals surface area contributed by atoms with Crippen LogP contribution in [-0.2, 0) is 11.2 Å². The van der Waals surface area contributed by atoms with Gasteiger partial charge in [-0.1, -0.05) is 30.3 Å². The largest absolute Gasteiger partial charge is 0.352 e. The Balaban J connectivity index is 1.37. The van der Waals surface area contributed by atoms with Crippen LogP contribution < -0.4 is 5.32 Å². The summed E-state index contributed by atoms with van der Waals surface area (Å²) in [6.07, 6.45) is 6.17. The number of hydrogen-bond donors (Lipinski definition) is 1. The molecule has 1 saturated carbocycles. The monoisotopic (exact) mass is 300 g/mol. The summed E-state index contributed by atoms with van der Waals surface area (Å²) >= 11 is 0. The predicted molar refractivity (Wildman–Crippen MR) is 89.6 cm³/mol. The fourth-order valence-electron chi connectivity index (χ4n) is 3.51. The van der Waals surface area contributed by atoms with Crippen molar-refractivity contribution in [2.75, 3.05) is 19.6 Å². The van der Waals surface area contributed by atoms with Gasteiger partial charge in [-0.3, -0.25) is 9.69 Å². The lowest BCUT2D eigenvalue weighted by atomic mass is 9.90. The number of carbonyl (C=O) groups is 1. The van der Waals surface area contributed by atoms with Crippen molar-refractivity contribution in [2.45, 2.75) is 45.1 Å². The molecule has 1 heterocycles.